The Kier molecular flexibility index (Phi) is 5.69. The average molecular weight is 431 g/mol. The van der Waals surface area contributed by atoms with Crippen molar-refractivity contribution in [2.75, 3.05) is 20.2 Å². The molecule has 3 aromatic rings. The fraction of sp³-hybridized carbons (Fsp3) is 0.286. The predicted molar refractivity (Wildman–Crippen MR) is 112 cm³/mol. The third-order valence-corrected chi connectivity index (χ3v) is 6.12. The van der Waals surface area contributed by atoms with Crippen LogP contribution in [0.4, 0.5) is 0 Å². The Hall–Kier alpha value is -2.64. The number of carbonyl (C=O) groups excluding carboxylic acids is 2. The van der Waals surface area contributed by atoms with Gasteiger partial charge >= 0.3 is 5.97 Å². The topological polar surface area (TPSA) is 68.7 Å². The molecule has 0 atom stereocenters. The highest BCUT2D eigenvalue weighted by Gasteiger charge is 2.25. The van der Waals surface area contributed by atoms with Crippen molar-refractivity contribution in [3.8, 4) is 5.19 Å². The van der Waals surface area contributed by atoms with Crippen LogP contribution in [0.25, 0.3) is 10.2 Å². The molecule has 1 saturated heterocycles. The molecule has 1 fully saturated rings. The van der Waals surface area contributed by atoms with E-state index < -0.39 is 5.97 Å². The SMILES string of the molecule is COC(=O)c1ccc(C(=O)N2CCC(Oc3nc4c(Cl)cccc4s3)CC2)cc1. The summed E-state index contributed by atoms with van der Waals surface area (Å²) in [5.74, 6) is -0.468. The second-order valence-corrected chi connectivity index (χ2v) is 8.15. The minimum Gasteiger partial charge on any atom is -0.467 e. The van der Waals surface area contributed by atoms with Crippen LogP contribution in [0.3, 0.4) is 0 Å². The summed E-state index contributed by atoms with van der Waals surface area (Å²) in [4.78, 5) is 30.5. The van der Waals surface area contributed by atoms with Crippen molar-refractivity contribution < 1.29 is 19.1 Å². The van der Waals surface area contributed by atoms with E-state index in [2.05, 4.69) is 9.72 Å². The minimum absolute atomic E-state index is 0.0140. The number of rotatable bonds is 4. The van der Waals surface area contributed by atoms with E-state index in [0.717, 1.165) is 23.1 Å². The van der Waals surface area contributed by atoms with Crippen LogP contribution in [0.5, 0.6) is 5.19 Å². The van der Waals surface area contributed by atoms with Gasteiger partial charge in [-0.3, -0.25) is 4.79 Å². The Balaban J connectivity index is 1.35. The van der Waals surface area contributed by atoms with Crippen LogP contribution in [-0.4, -0.2) is 48.1 Å². The summed E-state index contributed by atoms with van der Waals surface area (Å²) in [6.45, 7) is 1.21. The highest BCUT2D eigenvalue weighted by atomic mass is 35.5. The summed E-state index contributed by atoms with van der Waals surface area (Å²) in [5.41, 5.74) is 1.74. The van der Waals surface area contributed by atoms with Gasteiger partial charge in [0.25, 0.3) is 11.1 Å². The molecule has 0 unspecified atom stereocenters. The molecule has 0 aliphatic carbocycles. The normalized spacial score (nSPS) is 14.8. The van der Waals surface area contributed by atoms with Crippen LogP contribution in [0.2, 0.25) is 5.02 Å². The van der Waals surface area contributed by atoms with Crippen LogP contribution in [0.15, 0.2) is 42.5 Å². The van der Waals surface area contributed by atoms with E-state index in [-0.39, 0.29) is 12.0 Å². The molecule has 1 aromatic heterocycles. The molecule has 29 heavy (non-hydrogen) atoms. The lowest BCUT2D eigenvalue weighted by molar-refractivity contribution is 0.0584. The first-order valence-electron chi connectivity index (χ1n) is 9.24. The molecule has 2 aromatic carbocycles. The monoisotopic (exact) mass is 430 g/mol. The Bertz CT molecular complexity index is 1040. The number of ether oxygens (including phenoxy) is 2. The van der Waals surface area contributed by atoms with Crippen LogP contribution in [-0.2, 0) is 4.74 Å². The maximum atomic E-state index is 12.7. The molecule has 6 nitrogen and oxygen atoms in total. The number of hydrogen-bond donors (Lipinski definition) is 0. The summed E-state index contributed by atoms with van der Waals surface area (Å²) in [5, 5.41) is 1.23. The standard InChI is InChI=1S/C21H19ClN2O4S/c1-27-20(26)14-7-5-13(6-8-14)19(25)24-11-9-15(10-12-24)28-21-23-18-16(22)3-2-4-17(18)29-21/h2-8,15H,9-12H2,1H3. The summed E-state index contributed by atoms with van der Waals surface area (Å²) < 4.78 is 11.7. The molecule has 8 heteroatoms. The molecule has 4 rings (SSSR count). The number of carbonyl (C=O) groups is 2. The number of thiazole rings is 1. The summed E-state index contributed by atoms with van der Waals surface area (Å²) in [6.07, 6.45) is 1.48. The lowest BCUT2D eigenvalue weighted by Gasteiger charge is -2.31. The molecular formula is C21H19ClN2O4S. The molecule has 0 radical (unpaired) electrons. The van der Waals surface area contributed by atoms with Gasteiger partial charge in [0.05, 0.1) is 22.4 Å². The lowest BCUT2D eigenvalue weighted by atomic mass is 10.1. The second kappa shape index (κ2) is 8.39. The molecule has 150 valence electrons. The third-order valence-electron chi connectivity index (χ3n) is 4.90. The van der Waals surface area contributed by atoms with Gasteiger partial charge in [0, 0.05) is 31.5 Å². The summed E-state index contributed by atoms with van der Waals surface area (Å²) in [7, 11) is 1.33. The molecule has 0 N–H and O–H groups in total. The second-order valence-electron chi connectivity index (χ2n) is 6.74. The van der Waals surface area contributed by atoms with Crippen LogP contribution in [0.1, 0.15) is 33.6 Å². The van der Waals surface area contributed by atoms with Crippen molar-refractivity contribution in [2.45, 2.75) is 18.9 Å². The quantitative estimate of drug-likeness (QED) is 0.573. The number of nitrogens with zero attached hydrogens (tertiary/aromatic N) is 2. The van der Waals surface area contributed by atoms with E-state index in [4.69, 9.17) is 16.3 Å². The number of amides is 1. The van der Waals surface area contributed by atoms with Crippen molar-refractivity contribution in [1.29, 1.82) is 0 Å². The number of halogens is 1. The van der Waals surface area contributed by atoms with Gasteiger partial charge in [0.1, 0.15) is 11.6 Å². The number of esters is 1. The molecular weight excluding hydrogens is 412 g/mol. The van der Waals surface area contributed by atoms with Gasteiger partial charge in [-0.1, -0.05) is 29.0 Å². The number of aromatic nitrogens is 1. The van der Waals surface area contributed by atoms with Crippen molar-refractivity contribution >= 4 is 45.0 Å². The van der Waals surface area contributed by atoms with Gasteiger partial charge in [-0.25, -0.2) is 9.78 Å². The Labute approximate surface area is 177 Å². The maximum absolute atomic E-state index is 12.7. The van der Waals surface area contributed by atoms with E-state index in [0.29, 0.717) is 34.4 Å². The minimum atomic E-state index is -0.418. The van der Waals surface area contributed by atoms with E-state index in [1.807, 2.05) is 23.1 Å². The number of fused-ring (bicyclic) bond motifs is 1. The lowest BCUT2D eigenvalue weighted by Crippen LogP contribution is -2.41. The number of piperidine rings is 1. The zero-order valence-corrected chi connectivity index (χ0v) is 17.3. The highest BCUT2D eigenvalue weighted by Crippen LogP contribution is 2.33. The third kappa shape index (κ3) is 4.21. The zero-order valence-electron chi connectivity index (χ0n) is 15.8. The zero-order chi connectivity index (χ0) is 20.4. The van der Waals surface area contributed by atoms with Crippen LogP contribution >= 0.6 is 22.9 Å². The van der Waals surface area contributed by atoms with Crippen molar-refractivity contribution in [2.24, 2.45) is 0 Å². The van der Waals surface area contributed by atoms with Crippen molar-refractivity contribution in [3.63, 3.8) is 0 Å². The van der Waals surface area contributed by atoms with Gasteiger partial charge < -0.3 is 14.4 Å². The van der Waals surface area contributed by atoms with Gasteiger partial charge in [0.2, 0.25) is 0 Å². The number of likely N-dealkylation sites (tertiary alicyclic amines) is 1. The molecule has 1 aliphatic rings. The first-order chi connectivity index (χ1) is 14.0. The molecule has 1 amide bonds. The Morgan fingerprint density at radius 2 is 1.79 bits per heavy atom. The number of hydrogen-bond acceptors (Lipinski definition) is 6. The number of methoxy groups -OCH3 is 1. The molecule has 2 heterocycles. The van der Waals surface area contributed by atoms with Crippen molar-refractivity contribution in [3.05, 3.63) is 58.6 Å². The van der Waals surface area contributed by atoms with E-state index in [9.17, 15) is 9.59 Å². The Morgan fingerprint density at radius 1 is 1.10 bits per heavy atom. The van der Waals surface area contributed by atoms with Gasteiger partial charge in [0.15, 0.2) is 0 Å². The first kappa shape index (κ1) is 19.7. The van der Waals surface area contributed by atoms with Gasteiger partial charge in [-0.15, -0.1) is 0 Å². The predicted octanol–water partition coefficient (Wildman–Crippen LogP) is 4.42. The van der Waals surface area contributed by atoms with E-state index in [1.54, 1.807) is 24.3 Å². The van der Waals surface area contributed by atoms with Gasteiger partial charge in [-0.05, 0) is 36.4 Å². The summed E-state index contributed by atoms with van der Waals surface area (Å²) >= 11 is 7.66. The van der Waals surface area contributed by atoms with Gasteiger partial charge in [-0.2, -0.15) is 0 Å². The van der Waals surface area contributed by atoms with Crippen molar-refractivity contribution in [1.82, 2.24) is 9.88 Å². The molecule has 0 saturated carbocycles. The van der Waals surface area contributed by atoms with Crippen LogP contribution < -0.4 is 4.74 Å². The average Bonchev–Trinajstić information content (AvgIpc) is 3.17. The number of benzene rings is 2. The molecule has 1 aliphatic heterocycles. The fourth-order valence-corrected chi connectivity index (χ4v) is 4.49. The molecule has 0 bridgehead atoms. The van der Waals surface area contributed by atoms with E-state index in [1.165, 1.54) is 18.4 Å². The maximum Gasteiger partial charge on any atom is 0.337 e. The largest absolute Gasteiger partial charge is 0.467 e. The fourth-order valence-electron chi connectivity index (χ4n) is 3.31. The smallest absolute Gasteiger partial charge is 0.337 e. The Morgan fingerprint density at radius 3 is 2.45 bits per heavy atom. The highest BCUT2D eigenvalue weighted by molar-refractivity contribution is 7.20. The van der Waals surface area contributed by atoms with Crippen LogP contribution in [0, 0.1) is 0 Å². The summed E-state index contributed by atoms with van der Waals surface area (Å²) in [6, 6.07) is 12.2. The molecule has 0 spiro atoms. The van der Waals surface area contributed by atoms with E-state index >= 15 is 0 Å². The number of para-hydroxylation sites is 1. The first-order valence-corrected chi connectivity index (χ1v) is 10.4.